The van der Waals surface area contributed by atoms with Crippen molar-refractivity contribution < 1.29 is 40.2 Å². The first-order valence-corrected chi connectivity index (χ1v) is 8.65. The van der Waals surface area contributed by atoms with E-state index in [2.05, 4.69) is 19.6 Å². The number of hydrogen-bond donors (Lipinski definition) is 0. The molecule has 0 saturated heterocycles. The number of aromatic nitrogens is 4. The lowest BCUT2D eigenvalue weighted by Crippen LogP contribution is -2.26. The van der Waals surface area contributed by atoms with E-state index < -0.39 is 48.7 Å². The van der Waals surface area contributed by atoms with Gasteiger partial charge in [0.05, 0.1) is 17.1 Å². The second-order valence-electron chi connectivity index (χ2n) is 6.36. The molecule has 0 aliphatic heterocycles. The Balaban J connectivity index is 2.05. The zero-order valence-electron chi connectivity index (χ0n) is 16.0. The van der Waals surface area contributed by atoms with Crippen LogP contribution in [0.3, 0.4) is 0 Å². The number of benzene rings is 1. The molecule has 0 amide bonds. The average molecular weight is 466 g/mol. The van der Waals surface area contributed by atoms with Gasteiger partial charge in [0.25, 0.3) is 5.56 Å². The third kappa shape index (κ3) is 5.56. The fourth-order valence-electron chi connectivity index (χ4n) is 2.60. The van der Waals surface area contributed by atoms with Crippen LogP contribution in [0.2, 0.25) is 0 Å². The highest BCUT2D eigenvalue weighted by Gasteiger charge is 2.31. The summed E-state index contributed by atoms with van der Waals surface area (Å²) >= 11 is 0. The lowest BCUT2D eigenvalue weighted by atomic mass is 10.2. The van der Waals surface area contributed by atoms with E-state index >= 15 is 0 Å². The molecule has 0 aliphatic carbocycles. The Morgan fingerprint density at radius 3 is 2.19 bits per heavy atom. The molecule has 0 bridgehead atoms. The molecule has 172 valence electrons. The minimum Gasteiger partial charge on any atom is -0.481 e. The molecule has 2 aromatic heterocycles. The zero-order valence-corrected chi connectivity index (χ0v) is 16.0. The molecule has 7 nitrogen and oxygen atoms in total. The highest BCUT2D eigenvalue weighted by Crippen LogP contribution is 2.26. The molecule has 0 fully saturated rings. The van der Waals surface area contributed by atoms with Crippen molar-refractivity contribution in [3.63, 3.8) is 0 Å². The van der Waals surface area contributed by atoms with Crippen molar-refractivity contribution in [3.8, 4) is 28.8 Å². The Morgan fingerprint density at radius 2 is 1.62 bits per heavy atom. The maximum atomic E-state index is 14.2. The molecule has 3 aromatic rings. The Bertz CT molecular complexity index is 1170. The van der Waals surface area contributed by atoms with Crippen molar-refractivity contribution in [2.24, 2.45) is 7.05 Å². The molecule has 1 aromatic carbocycles. The Hall–Kier alpha value is -3.58. The van der Waals surface area contributed by atoms with E-state index in [1.54, 1.807) is 0 Å². The highest BCUT2D eigenvalue weighted by atomic mass is 19.4. The van der Waals surface area contributed by atoms with E-state index in [0.717, 1.165) is 18.2 Å². The van der Waals surface area contributed by atoms with Crippen molar-refractivity contribution in [1.82, 2.24) is 19.3 Å². The predicted molar refractivity (Wildman–Crippen MR) is 95.1 cm³/mol. The minimum absolute atomic E-state index is 0.0611. The topological polar surface area (TPSA) is 71.2 Å². The zero-order chi connectivity index (χ0) is 23.7. The van der Waals surface area contributed by atoms with Gasteiger partial charge in [0.1, 0.15) is 0 Å². The van der Waals surface area contributed by atoms with Crippen LogP contribution < -0.4 is 15.0 Å². The van der Waals surface area contributed by atoms with Crippen LogP contribution in [0.15, 0.2) is 41.3 Å². The smallest absolute Gasteiger partial charge is 0.422 e. The van der Waals surface area contributed by atoms with Crippen molar-refractivity contribution >= 4 is 0 Å². The quantitative estimate of drug-likeness (QED) is 0.519. The summed E-state index contributed by atoms with van der Waals surface area (Å²) in [5.41, 5.74) is -1.05. The van der Waals surface area contributed by atoms with E-state index in [-0.39, 0.29) is 17.1 Å². The lowest BCUT2D eigenvalue weighted by Gasteiger charge is -2.16. The number of alkyl halides is 6. The van der Waals surface area contributed by atoms with Gasteiger partial charge < -0.3 is 9.47 Å². The third-order valence-electron chi connectivity index (χ3n) is 3.90. The largest absolute Gasteiger partial charge is 0.481 e. The molecule has 0 spiro atoms. The summed E-state index contributed by atoms with van der Waals surface area (Å²) in [6, 6.07) is 3.98. The number of halogens is 7. The standard InChI is InChI=1S/C18H13F7N4O3/c1-28-13(4-5-26-28)12-7-15(30)29(16(27-12)32-9-18(23,24)25)10-2-3-14(11(19)6-10)31-8-17(20,21)22/h2-7H,8-9H2,1H3. The van der Waals surface area contributed by atoms with Gasteiger partial charge in [-0.3, -0.25) is 9.48 Å². The van der Waals surface area contributed by atoms with Gasteiger partial charge in [0, 0.05) is 25.4 Å². The molecule has 0 aliphatic rings. The van der Waals surface area contributed by atoms with Crippen molar-refractivity contribution in [2.75, 3.05) is 13.2 Å². The summed E-state index contributed by atoms with van der Waals surface area (Å²) in [5.74, 6) is -2.05. The molecule has 32 heavy (non-hydrogen) atoms. The van der Waals surface area contributed by atoms with Crippen LogP contribution in [0.1, 0.15) is 0 Å². The summed E-state index contributed by atoms with van der Waals surface area (Å²) in [4.78, 5) is 16.6. The summed E-state index contributed by atoms with van der Waals surface area (Å²) in [6.07, 6.45) is -8.12. The van der Waals surface area contributed by atoms with E-state index in [0.29, 0.717) is 10.6 Å². The summed E-state index contributed by atoms with van der Waals surface area (Å²) in [5, 5.41) is 3.88. The molecule has 14 heteroatoms. The molecule has 0 N–H and O–H groups in total. The van der Waals surface area contributed by atoms with Crippen LogP contribution >= 0.6 is 0 Å². The molecular weight excluding hydrogens is 453 g/mol. The maximum Gasteiger partial charge on any atom is 0.422 e. The fourth-order valence-corrected chi connectivity index (χ4v) is 2.60. The number of ether oxygens (including phenoxy) is 2. The second kappa shape index (κ2) is 8.51. The van der Waals surface area contributed by atoms with Crippen LogP contribution in [0.5, 0.6) is 11.8 Å². The molecule has 0 unspecified atom stereocenters. The van der Waals surface area contributed by atoms with Gasteiger partial charge >= 0.3 is 18.4 Å². The van der Waals surface area contributed by atoms with Gasteiger partial charge in [-0.1, -0.05) is 0 Å². The predicted octanol–water partition coefficient (Wildman–Crippen LogP) is 3.65. The van der Waals surface area contributed by atoms with Crippen LogP contribution in [0.25, 0.3) is 17.1 Å². The fraction of sp³-hybridized carbons (Fsp3) is 0.278. The Labute approximate surface area is 174 Å². The SMILES string of the molecule is Cn1nccc1-c1cc(=O)n(-c2ccc(OCC(F)(F)F)c(F)c2)c(OCC(F)(F)F)n1. The second-order valence-corrected chi connectivity index (χ2v) is 6.36. The van der Waals surface area contributed by atoms with E-state index in [9.17, 15) is 35.5 Å². The molecular formula is C18H13F7N4O3. The van der Waals surface area contributed by atoms with Crippen molar-refractivity contribution in [2.45, 2.75) is 12.4 Å². The summed E-state index contributed by atoms with van der Waals surface area (Å²) in [6.45, 7) is -3.56. The molecule has 0 atom stereocenters. The molecule has 2 heterocycles. The maximum absolute atomic E-state index is 14.2. The van der Waals surface area contributed by atoms with Gasteiger partial charge in [0.2, 0.25) is 0 Å². The van der Waals surface area contributed by atoms with E-state index in [1.165, 1.54) is 24.0 Å². The van der Waals surface area contributed by atoms with Gasteiger partial charge in [0.15, 0.2) is 24.8 Å². The molecule has 0 radical (unpaired) electrons. The van der Waals surface area contributed by atoms with E-state index in [4.69, 9.17) is 0 Å². The first kappa shape index (κ1) is 23.1. The van der Waals surface area contributed by atoms with Crippen molar-refractivity contribution in [3.05, 3.63) is 52.7 Å². The summed E-state index contributed by atoms with van der Waals surface area (Å²) < 4.78 is 100.0. The average Bonchev–Trinajstić information content (AvgIpc) is 3.09. The van der Waals surface area contributed by atoms with Crippen LogP contribution in [-0.4, -0.2) is 44.9 Å². The number of rotatable bonds is 6. The lowest BCUT2D eigenvalue weighted by molar-refractivity contribution is -0.155. The Kier molecular flexibility index (Phi) is 6.14. The van der Waals surface area contributed by atoms with Crippen LogP contribution in [0, 0.1) is 5.82 Å². The molecule has 0 saturated carbocycles. The Morgan fingerprint density at radius 1 is 0.969 bits per heavy atom. The normalized spacial score (nSPS) is 12.1. The first-order valence-electron chi connectivity index (χ1n) is 8.65. The van der Waals surface area contributed by atoms with Crippen LogP contribution in [0.4, 0.5) is 30.7 Å². The van der Waals surface area contributed by atoms with Gasteiger partial charge in [-0.05, 0) is 18.2 Å². The first-order chi connectivity index (χ1) is 14.8. The van der Waals surface area contributed by atoms with Crippen LogP contribution in [-0.2, 0) is 7.05 Å². The molecule has 3 rings (SSSR count). The number of aryl methyl sites for hydroxylation is 1. The third-order valence-corrected chi connectivity index (χ3v) is 3.90. The van der Waals surface area contributed by atoms with Gasteiger partial charge in [-0.15, -0.1) is 0 Å². The van der Waals surface area contributed by atoms with Crippen molar-refractivity contribution in [1.29, 1.82) is 0 Å². The van der Waals surface area contributed by atoms with E-state index in [1.807, 2.05) is 0 Å². The monoisotopic (exact) mass is 466 g/mol. The highest BCUT2D eigenvalue weighted by molar-refractivity contribution is 5.55. The number of hydrogen-bond acceptors (Lipinski definition) is 5. The minimum atomic E-state index is -4.77. The number of nitrogens with zero attached hydrogens (tertiary/aromatic N) is 4. The van der Waals surface area contributed by atoms with Gasteiger partial charge in [-0.25, -0.2) is 8.96 Å². The van der Waals surface area contributed by atoms with Gasteiger partial charge in [-0.2, -0.15) is 36.4 Å². The summed E-state index contributed by atoms with van der Waals surface area (Å²) in [7, 11) is 1.51.